The minimum absolute atomic E-state index is 0.0733. The van der Waals surface area contributed by atoms with Gasteiger partial charge in [0.25, 0.3) is 0 Å². The molecule has 0 saturated heterocycles. The van der Waals surface area contributed by atoms with Crippen LogP contribution in [0.25, 0.3) is 0 Å². The number of hydrogen-bond donors (Lipinski definition) is 2. The van der Waals surface area contributed by atoms with Crippen LogP contribution in [-0.2, 0) is 28.4 Å². The third-order valence-electron chi connectivity index (χ3n) is 3.10. The van der Waals surface area contributed by atoms with E-state index >= 15 is 0 Å². The Morgan fingerprint density at radius 2 is 1.78 bits per heavy atom. The van der Waals surface area contributed by atoms with Gasteiger partial charge in [-0.05, 0) is 29.8 Å². The highest BCUT2D eigenvalue weighted by atomic mass is 32.2. The number of nitrogens with zero attached hydrogens (tertiary/aromatic N) is 1. The summed E-state index contributed by atoms with van der Waals surface area (Å²) in [5, 5.41) is 2.57. The average Bonchev–Trinajstić information content (AvgIpc) is 2.48. The molecule has 1 heterocycles. The number of hydrogen-bond acceptors (Lipinski definition) is 4. The zero-order valence-electron chi connectivity index (χ0n) is 12.7. The molecule has 0 saturated carbocycles. The van der Waals surface area contributed by atoms with Crippen LogP contribution in [0.2, 0.25) is 0 Å². The molecule has 0 radical (unpaired) electrons. The molecule has 1 aromatic carbocycles. The first-order chi connectivity index (χ1) is 10.8. The van der Waals surface area contributed by atoms with Gasteiger partial charge in [-0.3, -0.25) is 9.59 Å². The van der Waals surface area contributed by atoms with Gasteiger partial charge in [-0.2, -0.15) is 0 Å². The van der Waals surface area contributed by atoms with E-state index in [0.29, 0.717) is 11.3 Å². The van der Waals surface area contributed by atoms with Crippen LogP contribution in [0.3, 0.4) is 0 Å². The average molecular weight is 335 g/mol. The Kier molecular flexibility index (Phi) is 4.97. The summed E-state index contributed by atoms with van der Waals surface area (Å²) in [4.78, 5) is 22.3. The molecule has 1 amide bonds. The maximum atomic E-state index is 12.2. The number of amides is 1. The van der Waals surface area contributed by atoms with Gasteiger partial charge in [0.1, 0.15) is 0 Å². The molecule has 2 rings (SSSR count). The van der Waals surface area contributed by atoms with Gasteiger partial charge in [0.15, 0.2) is 0 Å². The molecule has 2 aromatic rings. The smallest absolute Gasteiger partial charge is 0.250 e. The van der Waals surface area contributed by atoms with Crippen molar-refractivity contribution in [3.8, 4) is 0 Å². The Balaban J connectivity index is 2.10. The highest BCUT2D eigenvalue weighted by molar-refractivity contribution is 7.89. The molecule has 7 nitrogen and oxygen atoms in total. The molecule has 2 N–H and O–H groups in total. The van der Waals surface area contributed by atoms with Crippen molar-refractivity contribution in [1.82, 2.24) is 9.29 Å². The van der Waals surface area contributed by atoms with E-state index < -0.39 is 10.0 Å². The molecule has 0 bridgehead atoms. The number of benzene rings is 1. The van der Waals surface area contributed by atoms with Crippen LogP contribution >= 0.6 is 0 Å². The zero-order chi connectivity index (χ0) is 17.0. The topological polar surface area (TPSA) is 97.3 Å². The second-order valence-electron chi connectivity index (χ2n) is 5.02. The summed E-state index contributed by atoms with van der Waals surface area (Å²) in [5.74, 6) is -0.228. The molecule has 0 aliphatic heterocycles. The zero-order valence-corrected chi connectivity index (χ0v) is 13.6. The van der Waals surface area contributed by atoms with E-state index in [1.54, 1.807) is 19.3 Å². The van der Waals surface area contributed by atoms with E-state index in [1.165, 1.54) is 41.8 Å². The van der Waals surface area contributed by atoms with Crippen LogP contribution in [0, 0.1) is 0 Å². The molecule has 23 heavy (non-hydrogen) atoms. The molecule has 0 spiro atoms. The summed E-state index contributed by atoms with van der Waals surface area (Å²) in [6.07, 6.45) is 1.57. The van der Waals surface area contributed by atoms with Gasteiger partial charge < -0.3 is 9.88 Å². The number of pyridine rings is 1. The SMILES string of the molecule is CC(=O)Nc1ccc(S(=O)(=O)NCc2ccc(=O)n(C)c2)cc1. The van der Waals surface area contributed by atoms with Gasteiger partial charge in [0.2, 0.25) is 21.5 Å². The normalized spacial score (nSPS) is 11.2. The number of carbonyl (C=O) groups excluding carboxylic acids is 1. The number of anilines is 1. The van der Waals surface area contributed by atoms with Crippen molar-refractivity contribution in [2.75, 3.05) is 5.32 Å². The van der Waals surface area contributed by atoms with Crippen LogP contribution in [0.5, 0.6) is 0 Å². The maximum absolute atomic E-state index is 12.2. The Labute approximate surface area is 134 Å². The van der Waals surface area contributed by atoms with E-state index in [-0.39, 0.29) is 22.9 Å². The molecule has 1 aromatic heterocycles. The lowest BCUT2D eigenvalue weighted by Crippen LogP contribution is -2.24. The fourth-order valence-electron chi connectivity index (χ4n) is 1.94. The minimum atomic E-state index is -3.68. The van der Waals surface area contributed by atoms with Crippen molar-refractivity contribution in [3.63, 3.8) is 0 Å². The predicted octanol–water partition coefficient (Wildman–Crippen LogP) is 0.822. The second-order valence-corrected chi connectivity index (χ2v) is 6.78. The summed E-state index contributed by atoms with van der Waals surface area (Å²) in [5.41, 5.74) is 1.03. The second kappa shape index (κ2) is 6.76. The number of sulfonamides is 1. The van der Waals surface area contributed by atoms with Crippen LogP contribution < -0.4 is 15.6 Å². The fourth-order valence-corrected chi connectivity index (χ4v) is 2.96. The molecular weight excluding hydrogens is 318 g/mol. The van der Waals surface area contributed by atoms with Crippen LogP contribution in [0.4, 0.5) is 5.69 Å². The first-order valence-corrected chi connectivity index (χ1v) is 8.29. The maximum Gasteiger partial charge on any atom is 0.250 e. The van der Waals surface area contributed by atoms with E-state index in [9.17, 15) is 18.0 Å². The highest BCUT2D eigenvalue weighted by Crippen LogP contribution is 2.14. The first kappa shape index (κ1) is 16.9. The number of carbonyl (C=O) groups is 1. The van der Waals surface area contributed by atoms with Crippen molar-refractivity contribution in [2.24, 2.45) is 7.05 Å². The van der Waals surface area contributed by atoms with Crippen molar-refractivity contribution < 1.29 is 13.2 Å². The minimum Gasteiger partial charge on any atom is -0.326 e. The van der Waals surface area contributed by atoms with Gasteiger partial charge >= 0.3 is 0 Å². The van der Waals surface area contributed by atoms with E-state index in [0.717, 1.165) is 0 Å². The molecule has 0 aliphatic carbocycles. The summed E-state index contributed by atoms with van der Waals surface area (Å²) in [6, 6.07) is 8.81. The highest BCUT2D eigenvalue weighted by Gasteiger charge is 2.13. The van der Waals surface area contributed by atoms with Crippen molar-refractivity contribution in [3.05, 3.63) is 58.5 Å². The van der Waals surface area contributed by atoms with Crippen molar-refractivity contribution in [2.45, 2.75) is 18.4 Å². The lowest BCUT2D eigenvalue weighted by atomic mass is 10.3. The Morgan fingerprint density at radius 3 is 2.35 bits per heavy atom. The molecular formula is C15H17N3O4S. The summed E-state index contributed by atoms with van der Waals surface area (Å²) >= 11 is 0. The van der Waals surface area contributed by atoms with Crippen LogP contribution in [0.1, 0.15) is 12.5 Å². The third-order valence-corrected chi connectivity index (χ3v) is 4.52. The Morgan fingerprint density at radius 1 is 1.13 bits per heavy atom. The number of aromatic nitrogens is 1. The largest absolute Gasteiger partial charge is 0.326 e. The third kappa shape index (κ3) is 4.51. The van der Waals surface area contributed by atoms with Gasteiger partial charge in [0.05, 0.1) is 4.90 Å². The molecule has 0 unspecified atom stereocenters. The first-order valence-electron chi connectivity index (χ1n) is 6.81. The van der Waals surface area contributed by atoms with Gasteiger partial charge in [-0.15, -0.1) is 0 Å². The van der Waals surface area contributed by atoms with Gasteiger partial charge in [-0.1, -0.05) is 6.07 Å². The fraction of sp³-hybridized carbons (Fsp3) is 0.200. The predicted molar refractivity (Wildman–Crippen MR) is 86.5 cm³/mol. The summed E-state index contributed by atoms with van der Waals surface area (Å²) in [6.45, 7) is 1.45. The quantitative estimate of drug-likeness (QED) is 0.845. The van der Waals surface area contributed by atoms with Crippen molar-refractivity contribution in [1.29, 1.82) is 0 Å². The standard InChI is InChI=1S/C15H17N3O4S/c1-11(19)17-13-4-6-14(7-5-13)23(21,22)16-9-12-3-8-15(20)18(2)10-12/h3-8,10,16H,9H2,1-2H3,(H,17,19). The van der Waals surface area contributed by atoms with E-state index in [4.69, 9.17) is 0 Å². The number of nitrogens with one attached hydrogen (secondary N) is 2. The molecule has 8 heteroatoms. The van der Waals surface area contributed by atoms with E-state index in [2.05, 4.69) is 10.0 Å². The van der Waals surface area contributed by atoms with Crippen LogP contribution in [-0.4, -0.2) is 18.9 Å². The molecule has 0 aliphatic rings. The molecule has 0 fully saturated rings. The summed E-state index contributed by atoms with van der Waals surface area (Å²) < 4.78 is 28.3. The number of aryl methyl sites for hydroxylation is 1. The van der Waals surface area contributed by atoms with Crippen LogP contribution in [0.15, 0.2) is 52.3 Å². The Hall–Kier alpha value is -2.45. The Bertz CT molecular complexity index is 870. The number of rotatable bonds is 5. The lowest BCUT2D eigenvalue weighted by Gasteiger charge is -2.09. The van der Waals surface area contributed by atoms with Crippen molar-refractivity contribution >= 4 is 21.6 Å². The summed E-state index contributed by atoms with van der Waals surface area (Å²) in [7, 11) is -2.08. The van der Waals surface area contributed by atoms with Gasteiger partial charge in [0, 0.05) is 38.5 Å². The molecule has 0 atom stereocenters. The molecule has 122 valence electrons. The van der Waals surface area contributed by atoms with E-state index in [1.807, 2.05) is 0 Å². The van der Waals surface area contributed by atoms with Gasteiger partial charge in [-0.25, -0.2) is 13.1 Å². The lowest BCUT2D eigenvalue weighted by molar-refractivity contribution is -0.114. The monoisotopic (exact) mass is 335 g/mol.